The van der Waals surface area contributed by atoms with Gasteiger partial charge in [0, 0.05) is 6.54 Å². The molecule has 1 atom stereocenters. The molecule has 0 fully saturated rings. The van der Waals surface area contributed by atoms with Gasteiger partial charge in [-0.3, -0.25) is 0 Å². The number of sulfonamides is 1. The summed E-state index contributed by atoms with van der Waals surface area (Å²) in [5.41, 5.74) is 1.19. The summed E-state index contributed by atoms with van der Waals surface area (Å²) in [6.45, 7) is 5.20. The Balaban J connectivity index is 2.10. The summed E-state index contributed by atoms with van der Waals surface area (Å²) in [6, 6.07) is 6.00. The highest BCUT2D eigenvalue weighted by atomic mass is 32.2. The Hall–Kier alpha value is -1.73. The minimum Gasteiger partial charge on any atom is -0.360 e. The fourth-order valence-corrected chi connectivity index (χ4v) is 3.53. The van der Waals surface area contributed by atoms with Crippen molar-refractivity contribution in [3.8, 4) is 0 Å². The van der Waals surface area contributed by atoms with Crippen LogP contribution in [0.3, 0.4) is 0 Å². The molecule has 5 nitrogen and oxygen atoms in total. The molecule has 0 aliphatic rings. The summed E-state index contributed by atoms with van der Waals surface area (Å²) < 4.78 is 44.8. The predicted octanol–water partition coefficient (Wildman–Crippen LogP) is 2.51. The molecule has 0 radical (unpaired) electrons. The topological polar surface area (TPSA) is 72.2 Å². The van der Waals surface area contributed by atoms with Crippen molar-refractivity contribution in [3.05, 3.63) is 47.1 Å². The standard InChI is InChI=1S/C14H17FN2O3S/c1-9(12-4-6-13(15)7-5-12)8-16-21(18,19)14-10(2)17-20-11(14)3/h4-7,9,16H,8H2,1-3H3. The van der Waals surface area contributed by atoms with E-state index in [0.717, 1.165) is 5.56 Å². The third kappa shape index (κ3) is 3.48. The van der Waals surface area contributed by atoms with Gasteiger partial charge in [-0.1, -0.05) is 24.2 Å². The smallest absolute Gasteiger partial charge is 0.245 e. The average molecular weight is 312 g/mol. The molecule has 0 aliphatic carbocycles. The van der Waals surface area contributed by atoms with Crippen LogP contribution in [0.25, 0.3) is 0 Å². The average Bonchev–Trinajstić information content (AvgIpc) is 2.77. The highest BCUT2D eigenvalue weighted by molar-refractivity contribution is 7.89. The van der Waals surface area contributed by atoms with Crippen LogP contribution < -0.4 is 4.72 Å². The molecule has 1 aromatic carbocycles. The molecule has 1 N–H and O–H groups in total. The minimum absolute atomic E-state index is 0.0776. The van der Waals surface area contributed by atoms with Crippen LogP contribution in [0, 0.1) is 19.7 Å². The van der Waals surface area contributed by atoms with Gasteiger partial charge in [0.25, 0.3) is 0 Å². The van der Waals surface area contributed by atoms with E-state index in [2.05, 4.69) is 9.88 Å². The zero-order chi connectivity index (χ0) is 15.6. The van der Waals surface area contributed by atoms with Gasteiger partial charge >= 0.3 is 0 Å². The number of halogens is 1. The zero-order valence-electron chi connectivity index (χ0n) is 12.1. The van der Waals surface area contributed by atoms with Crippen LogP contribution in [0.4, 0.5) is 4.39 Å². The second kappa shape index (κ2) is 5.95. The van der Waals surface area contributed by atoms with E-state index in [1.54, 1.807) is 26.0 Å². The van der Waals surface area contributed by atoms with Crippen molar-refractivity contribution in [1.82, 2.24) is 9.88 Å². The normalized spacial score (nSPS) is 13.3. The van der Waals surface area contributed by atoms with E-state index in [1.165, 1.54) is 12.1 Å². The molecule has 0 spiro atoms. The van der Waals surface area contributed by atoms with Crippen LogP contribution in [-0.4, -0.2) is 20.1 Å². The largest absolute Gasteiger partial charge is 0.360 e. The van der Waals surface area contributed by atoms with Crippen LogP contribution in [0.15, 0.2) is 33.7 Å². The molecular formula is C14H17FN2O3S. The Kier molecular flexibility index (Phi) is 4.43. The van der Waals surface area contributed by atoms with Crippen molar-refractivity contribution >= 4 is 10.0 Å². The number of nitrogens with zero attached hydrogens (tertiary/aromatic N) is 1. The molecular weight excluding hydrogens is 295 g/mol. The van der Waals surface area contributed by atoms with Crippen molar-refractivity contribution in [2.45, 2.75) is 31.6 Å². The third-order valence-electron chi connectivity index (χ3n) is 3.26. The lowest BCUT2D eigenvalue weighted by Gasteiger charge is -2.13. The van der Waals surface area contributed by atoms with Crippen LogP contribution in [0.1, 0.15) is 29.9 Å². The maximum absolute atomic E-state index is 12.9. The number of hydrogen-bond donors (Lipinski definition) is 1. The second-order valence-corrected chi connectivity index (χ2v) is 6.66. The summed E-state index contributed by atoms with van der Waals surface area (Å²) >= 11 is 0. The van der Waals surface area contributed by atoms with Gasteiger partial charge in [0.1, 0.15) is 16.4 Å². The van der Waals surface area contributed by atoms with Gasteiger partial charge in [-0.2, -0.15) is 0 Å². The molecule has 21 heavy (non-hydrogen) atoms. The summed E-state index contributed by atoms with van der Waals surface area (Å²) in [5, 5.41) is 3.64. The van der Waals surface area contributed by atoms with Crippen molar-refractivity contribution in [3.63, 3.8) is 0 Å². The summed E-state index contributed by atoms with van der Waals surface area (Å²) in [5.74, 6) is -0.141. The molecule has 0 saturated heterocycles. The molecule has 0 aliphatic heterocycles. The van der Waals surface area contributed by atoms with E-state index < -0.39 is 10.0 Å². The van der Waals surface area contributed by atoms with Crippen LogP contribution in [-0.2, 0) is 10.0 Å². The van der Waals surface area contributed by atoms with Crippen molar-refractivity contribution in [2.75, 3.05) is 6.54 Å². The fourth-order valence-electron chi connectivity index (χ4n) is 2.07. The van der Waals surface area contributed by atoms with Crippen LogP contribution in [0.5, 0.6) is 0 Å². The molecule has 0 saturated carbocycles. The molecule has 7 heteroatoms. The third-order valence-corrected chi connectivity index (χ3v) is 4.92. The Morgan fingerprint density at radius 3 is 2.43 bits per heavy atom. The fraction of sp³-hybridized carbons (Fsp3) is 0.357. The quantitative estimate of drug-likeness (QED) is 0.921. The maximum Gasteiger partial charge on any atom is 0.245 e. The number of aryl methyl sites for hydroxylation is 2. The van der Waals surface area contributed by atoms with E-state index in [9.17, 15) is 12.8 Å². The summed E-state index contributed by atoms with van der Waals surface area (Å²) in [7, 11) is -3.67. The number of nitrogens with one attached hydrogen (secondary N) is 1. The van der Waals surface area contributed by atoms with E-state index in [-0.39, 0.29) is 28.9 Å². The Morgan fingerprint density at radius 1 is 1.29 bits per heavy atom. The first-order valence-electron chi connectivity index (χ1n) is 6.49. The Morgan fingerprint density at radius 2 is 1.90 bits per heavy atom. The number of rotatable bonds is 5. The van der Waals surface area contributed by atoms with Gasteiger partial charge in [0.2, 0.25) is 10.0 Å². The monoisotopic (exact) mass is 312 g/mol. The number of aromatic nitrogens is 1. The van der Waals surface area contributed by atoms with E-state index in [1.807, 2.05) is 6.92 Å². The maximum atomic E-state index is 12.9. The van der Waals surface area contributed by atoms with E-state index in [0.29, 0.717) is 5.69 Å². The van der Waals surface area contributed by atoms with Crippen molar-refractivity contribution < 1.29 is 17.3 Å². The Labute approximate surface area is 123 Å². The molecule has 2 aromatic rings. The van der Waals surface area contributed by atoms with E-state index >= 15 is 0 Å². The molecule has 2 rings (SSSR count). The van der Waals surface area contributed by atoms with Crippen molar-refractivity contribution in [2.24, 2.45) is 0 Å². The molecule has 114 valence electrons. The predicted molar refractivity (Wildman–Crippen MR) is 76.0 cm³/mol. The second-order valence-electron chi connectivity index (χ2n) is 4.96. The van der Waals surface area contributed by atoms with Crippen LogP contribution in [0.2, 0.25) is 0 Å². The number of hydrogen-bond acceptors (Lipinski definition) is 4. The minimum atomic E-state index is -3.67. The first-order valence-corrected chi connectivity index (χ1v) is 7.97. The van der Waals surface area contributed by atoms with Gasteiger partial charge < -0.3 is 4.52 Å². The van der Waals surface area contributed by atoms with Gasteiger partial charge in [0.05, 0.1) is 0 Å². The molecule has 1 heterocycles. The van der Waals surface area contributed by atoms with Gasteiger partial charge in [-0.25, -0.2) is 17.5 Å². The SMILES string of the molecule is Cc1noc(C)c1S(=O)(=O)NCC(C)c1ccc(F)cc1. The first kappa shape index (κ1) is 15.7. The highest BCUT2D eigenvalue weighted by Gasteiger charge is 2.24. The summed E-state index contributed by atoms with van der Waals surface area (Å²) in [6.07, 6.45) is 0. The van der Waals surface area contributed by atoms with Gasteiger partial charge in [-0.05, 0) is 37.5 Å². The lowest BCUT2D eigenvalue weighted by atomic mass is 10.0. The first-order chi connectivity index (χ1) is 9.81. The molecule has 0 bridgehead atoms. The zero-order valence-corrected chi connectivity index (χ0v) is 12.9. The van der Waals surface area contributed by atoms with Crippen LogP contribution >= 0.6 is 0 Å². The van der Waals surface area contributed by atoms with Crippen molar-refractivity contribution in [1.29, 1.82) is 0 Å². The lowest BCUT2D eigenvalue weighted by molar-refractivity contribution is 0.390. The molecule has 1 unspecified atom stereocenters. The number of benzene rings is 1. The molecule has 0 amide bonds. The van der Waals surface area contributed by atoms with Gasteiger partial charge in [0.15, 0.2) is 5.76 Å². The van der Waals surface area contributed by atoms with E-state index in [4.69, 9.17) is 4.52 Å². The Bertz CT molecular complexity index is 704. The highest BCUT2D eigenvalue weighted by Crippen LogP contribution is 2.20. The molecule has 1 aromatic heterocycles. The lowest BCUT2D eigenvalue weighted by Crippen LogP contribution is -2.28. The summed E-state index contributed by atoms with van der Waals surface area (Å²) in [4.78, 5) is 0.0776. The van der Waals surface area contributed by atoms with Gasteiger partial charge in [-0.15, -0.1) is 0 Å².